The SMILES string of the molecule is O=C(OC(Cl)Cl)C(Cl)(Cl)Cl. The van der Waals surface area contributed by atoms with Crippen molar-refractivity contribution in [3.63, 3.8) is 0 Å². The quantitative estimate of drug-likeness (QED) is 0.525. The highest BCUT2D eigenvalue weighted by Crippen LogP contribution is 2.28. The summed E-state index contributed by atoms with van der Waals surface area (Å²) in [6, 6.07) is 0. The Balaban J connectivity index is 3.87. The summed E-state index contributed by atoms with van der Waals surface area (Å²) in [6.07, 6.45) is 0. The lowest BCUT2D eigenvalue weighted by atomic mass is 10.8. The monoisotopic (exact) mass is 244 g/mol. The second kappa shape index (κ2) is 4.07. The van der Waals surface area contributed by atoms with E-state index in [9.17, 15) is 4.79 Å². The van der Waals surface area contributed by atoms with Crippen LogP contribution in [0.2, 0.25) is 0 Å². The number of carbonyl (C=O) groups excluding carboxylic acids is 1. The first-order valence-electron chi connectivity index (χ1n) is 1.90. The van der Waals surface area contributed by atoms with E-state index in [1.165, 1.54) is 0 Å². The predicted molar refractivity (Wildman–Crippen MR) is 41.9 cm³/mol. The van der Waals surface area contributed by atoms with Gasteiger partial charge in [-0.05, 0) is 0 Å². The summed E-state index contributed by atoms with van der Waals surface area (Å²) in [5.74, 6) is -1.10. The Morgan fingerprint density at radius 1 is 1.30 bits per heavy atom. The topological polar surface area (TPSA) is 26.3 Å². The second-order valence-corrected chi connectivity index (χ2v) is 4.46. The highest BCUT2D eigenvalue weighted by molar-refractivity contribution is 6.75. The number of esters is 1. The largest absolute Gasteiger partial charge is 0.428 e. The number of carbonyl (C=O) groups is 1. The molecule has 0 unspecified atom stereocenters. The summed E-state index contributed by atoms with van der Waals surface area (Å²) in [5.41, 5.74) is 0. The molecule has 0 radical (unpaired) electrons. The van der Waals surface area contributed by atoms with Gasteiger partial charge in [-0.25, -0.2) is 4.79 Å². The fraction of sp³-hybridized carbons (Fsp3) is 0.667. The summed E-state index contributed by atoms with van der Waals surface area (Å²) in [6.45, 7) is 0. The van der Waals surface area contributed by atoms with Crippen LogP contribution in [0.25, 0.3) is 0 Å². The molecule has 0 rings (SSSR count). The van der Waals surface area contributed by atoms with E-state index >= 15 is 0 Å². The molecule has 0 heterocycles. The van der Waals surface area contributed by atoms with Crippen LogP contribution in [0.4, 0.5) is 0 Å². The van der Waals surface area contributed by atoms with Gasteiger partial charge in [-0.2, -0.15) is 0 Å². The van der Waals surface area contributed by atoms with E-state index < -0.39 is 14.8 Å². The van der Waals surface area contributed by atoms with Gasteiger partial charge >= 0.3 is 5.97 Å². The second-order valence-electron chi connectivity index (χ2n) is 1.16. The first kappa shape index (κ1) is 10.9. The average molecular weight is 246 g/mol. The number of alkyl halides is 5. The van der Waals surface area contributed by atoms with Crippen molar-refractivity contribution in [3.05, 3.63) is 0 Å². The molecular formula is C3HCl5O2. The zero-order valence-corrected chi connectivity index (χ0v) is 8.06. The van der Waals surface area contributed by atoms with Gasteiger partial charge in [0, 0.05) is 0 Å². The van der Waals surface area contributed by atoms with E-state index in [0.717, 1.165) is 0 Å². The lowest BCUT2D eigenvalue weighted by Crippen LogP contribution is -2.23. The Morgan fingerprint density at radius 2 is 1.70 bits per heavy atom. The van der Waals surface area contributed by atoms with Gasteiger partial charge in [0.05, 0.1) is 0 Å². The molecule has 2 nitrogen and oxygen atoms in total. The van der Waals surface area contributed by atoms with Gasteiger partial charge in [-0.3, -0.25) is 0 Å². The summed E-state index contributed by atoms with van der Waals surface area (Å²) >= 11 is 25.3. The minimum Gasteiger partial charge on any atom is -0.428 e. The Bertz CT molecular complexity index is 127. The fourth-order valence-corrected chi connectivity index (χ4v) is 0.443. The molecular weight excluding hydrogens is 245 g/mol. The van der Waals surface area contributed by atoms with Crippen molar-refractivity contribution in [2.24, 2.45) is 0 Å². The van der Waals surface area contributed by atoms with Gasteiger partial charge < -0.3 is 4.74 Å². The molecule has 0 saturated heterocycles. The third-order valence-electron chi connectivity index (χ3n) is 0.428. The van der Waals surface area contributed by atoms with Gasteiger partial charge in [-0.1, -0.05) is 58.0 Å². The first-order chi connectivity index (χ1) is 4.34. The molecule has 0 aromatic carbocycles. The number of halogens is 5. The maximum atomic E-state index is 10.5. The zero-order chi connectivity index (χ0) is 8.36. The van der Waals surface area contributed by atoms with E-state index in [2.05, 4.69) is 4.74 Å². The molecule has 0 atom stereocenters. The van der Waals surface area contributed by atoms with Crippen LogP contribution in [0.1, 0.15) is 0 Å². The minimum atomic E-state index is -2.12. The molecule has 0 bridgehead atoms. The molecule has 0 spiro atoms. The van der Waals surface area contributed by atoms with Crippen molar-refractivity contribution >= 4 is 64.0 Å². The molecule has 7 heteroatoms. The van der Waals surface area contributed by atoms with Crippen molar-refractivity contribution in [2.75, 3.05) is 0 Å². The van der Waals surface area contributed by atoms with E-state index in [1.807, 2.05) is 0 Å². The number of hydrogen-bond donors (Lipinski definition) is 0. The standard InChI is InChI=1S/C3HCl5O2/c4-2(5)10-1(9)3(6,7)8/h2H. The van der Waals surface area contributed by atoms with Crippen molar-refractivity contribution < 1.29 is 9.53 Å². The zero-order valence-electron chi connectivity index (χ0n) is 4.28. The molecule has 0 fully saturated rings. The van der Waals surface area contributed by atoms with Crippen LogP contribution >= 0.6 is 58.0 Å². The summed E-state index contributed by atoms with van der Waals surface area (Å²) in [7, 11) is 0. The normalized spacial score (nSPS) is 11.8. The maximum absolute atomic E-state index is 10.5. The third kappa shape index (κ3) is 4.69. The molecule has 0 aliphatic carbocycles. The lowest BCUT2D eigenvalue weighted by Gasteiger charge is -2.09. The third-order valence-corrected chi connectivity index (χ3v) is 1.07. The van der Waals surface area contributed by atoms with Gasteiger partial charge in [-0.15, -0.1) is 0 Å². The summed E-state index contributed by atoms with van der Waals surface area (Å²) in [5, 5.41) is -1.32. The highest BCUT2D eigenvalue weighted by Gasteiger charge is 2.33. The number of rotatable bonds is 1. The van der Waals surface area contributed by atoms with Gasteiger partial charge in [0.2, 0.25) is 0 Å². The number of hydrogen-bond acceptors (Lipinski definition) is 2. The highest BCUT2D eigenvalue weighted by atomic mass is 35.6. The van der Waals surface area contributed by atoms with Gasteiger partial charge in [0.1, 0.15) is 0 Å². The van der Waals surface area contributed by atoms with Crippen molar-refractivity contribution in [1.29, 1.82) is 0 Å². The summed E-state index contributed by atoms with van der Waals surface area (Å²) in [4.78, 5) is 10.5. The number of ether oxygens (including phenoxy) is 1. The Hall–Kier alpha value is 0.920. The average Bonchev–Trinajstić information content (AvgIpc) is 1.60. The molecule has 0 aliphatic rings. The molecule has 0 N–H and O–H groups in total. The van der Waals surface area contributed by atoms with E-state index in [0.29, 0.717) is 0 Å². The van der Waals surface area contributed by atoms with Crippen LogP contribution in [0, 0.1) is 0 Å². The van der Waals surface area contributed by atoms with Crippen molar-refractivity contribution in [3.8, 4) is 0 Å². The smallest absolute Gasteiger partial charge is 0.360 e. The van der Waals surface area contributed by atoms with Gasteiger partial charge in [0.15, 0.2) is 0 Å². The van der Waals surface area contributed by atoms with E-state index in [1.54, 1.807) is 0 Å². The van der Waals surface area contributed by atoms with Crippen molar-refractivity contribution in [2.45, 2.75) is 8.81 Å². The van der Waals surface area contributed by atoms with E-state index in [4.69, 9.17) is 58.0 Å². The molecule has 0 aromatic heterocycles. The molecule has 0 saturated carbocycles. The first-order valence-corrected chi connectivity index (χ1v) is 3.90. The molecule has 0 aliphatic heterocycles. The fourth-order valence-electron chi connectivity index (χ4n) is 0.148. The lowest BCUT2D eigenvalue weighted by molar-refractivity contribution is -0.141. The van der Waals surface area contributed by atoms with Crippen LogP contribution in [0.5, 0.6) is 0 Å². The Labute approximate surface area is 82.3 Å². The Kier molecular flexibility index (Phi) is 4.45. The van der Waals surface area contributed by atoms with Crippen LogP contribution in [0.15, 0.2) is 0 Å². The van der Waals surface area contributed by atoms with E-state index in [-0.39, 0.29) is 0 Å². The maximum Gasteiger partial charge on any atom is 0.360 e. The summed E-state index contributed by atoms with van der Waals surface area (Å²) < 4.78 is 1.99. The molecule has 0 aromatic rings. The predicted octanol–water partition coefficient (Wildman–Crippen LogP) is 2.66. The van der Waals surface area contributed by atoms with Crippen LogP contribution < -0.4 is 0 Å². The Morgan fingerprint density at radius 3 is 1.80 bits per heavy atom. The van der Waals surface area contributed by atoms with Crippen molar-refractivity contribution in [1.82, 2.24) is 0 Å². The van der Waals surface area contributed by atoms with Crippen LogP contribution in [-0.2, 0) is 9.53 Å². The molecule has 60 valence electrons. The molecule has 10 heavy (non-hydrogen) atoms. The molecule has 0 amide bonds. The van der Waals surface area contributed by atoms with Gasteiger partial charge in [0.25, 0.3) is 8.81 Å². The van der Waals surface area contributed by atoms with Crippen LogP contribution in [0.3, 0.4) is 0 Å². The minimum absolute atomic E-state index is 1.10. The van der Waals surface area contributed by atoms with Crippen LogP contribution in [-0.4, -0.2) is 14.8 Å².